The predicted octanol–water partition coefficient (Wildman–Crippen LogP) is 2.33. The summed E-state index contributed by atoms with van der Waals surface area (Å²) in [5, 5.41) is 14.0. The van der Waals surface area contributed by atoms with Gasteiger partial charge in [-0.1, -0.05) is 25.1 Å². The molecule has 1 fully saturated rings. The minimum absolute atomic E-state index is 0.0774. The molecule has 1 aromatic rings. The van der Waals surface area contributed by atoms with Crippen molar-refractivity contribution in [1.82, 2.24) is 10.2 Å². The Balaban J connectivity index is 1.88. The summed E-state index contributed by atoms with van der Waals surface area (Å²) in [5.41, 5.74) is 0.909. The summed E-state index contributed by atoms with van der Waals surface area (Å²) in [6.07, 6.45) is 2.58. The van der Waals surface area contributed by atoms with E-state index in [1.54, 1.807) is 18.2 Å². The topological polar surface area (TPSA) is 75.5 Å². The van der Waals surface area contributed by atoms with Gasteiger partial charge in [-0.3, -0.25) is 19.8 Å². The number of likely N-dealkylation sites (tertiary alicyclic amines) is 1. The summed E-state index contributed by atoms with van der Waals surface area (Å²) in [7, 11) is 0. The molecule has 0 aromatic heterocycles. The number of hydrogen-bond acceptors (Lipinski definition) is 4. The van der Waals surface area contributed by atoms with Crippen molar-refractivity contribution in [3.8, 4) is 0 Å². The van der Waals surface area contributed by atoms with Crippen LogP contribution in [0, 0.1) is 16.0 Å². The number of nitro benzene ring substituents is 1. The third kappa shape index (κ3) is 4.27. The van der Waals surface area contributed by atoms with Crippen LogP contribution in [-0.4, -0.2) is 35.4 Å². The van der Waals surface area contributed by atoms with Crippen LogP contribution in [0.1, 0.15) is 31.7 Å². The van der Waals surface area contributed by atoms with Gasteiger partial charge < -0.3 is 5.32 Å². The van der Waals surface area contributed by atoms with Crippen molar-refractivity contribution in [2.45, 2.75) is 32.7 Å². The van der Waals surface area contributed by atoms with E-state index in [1.807, 2.05) is 13.0 Å². The van der Waals surface area contributed by atoms with Crippen molar-refractivity contribution in [2.24, 2.45) is 5.92 Å². The molecule has 1 aliphatic rings. The molecule has 1 aromatic carbocycles. The van der Waals surface area contributed by atoms with Crippen molar-refractivity contribution in [3.63, 3.8) is 0 Å². The molecule has 0 saturated carbocycles. The molecule has 0 aliphatic carbocycles. The molecule has 1 amide bonds. The zero-order valence-electron chi connectivity index (χ0n) is 13.0. The maximum Gasteiger partial charge on any atom is 0.273 e. The summed E-state index contributed by atoms with van der Waals surface area (Å²) in [6, 6.07) is 6.86. The van der Waals surface area contributed by atoms with E-state index in [0.717, 1.165) is 44.5 Å². The van der Waals surface area contributed by atoms with Crippen LogP contribution in [0.4, 0.5) is 5.69 Å². The summed E-state index contributed by atoms with van der Waals surface area (Å²) >= 11 is 0. The summed E-state index contributed by atoms with van der Waals surface area (Å²) in [6.45, 7) is 4.94. The fourth-order valence-corrected chi connectivity index (χ4v) is 2.81. The van der Waals surface area contributed by atoms with E-state index in [0.29, 0.717) is 6.54 Å². The van der Waals surface area contributed by atoms with Gasteiger partial charge in [0.1, 0.15) is 0 Å². The van der Waals surface area contributed by atoms with E-state index >= 15 is 0 Å². The van der Waals surface area contributed by atoms with Crippen LogP contribution < -0.4 is 5.32 Å². The van der Waals surface area contributed by atoms with E-state index < -0.39 is 0 Å². The predicted molar refractivity (Wildman–Crippen MR) is 84.4 cm³/mol. The van der Waals surface area contributed by atoms with Gasteiger partial charge in [0, 0.05) is 30.6 Å². The molecular weight excluding hydrogens is 282 g/mol. The summed E-state index contributed by atoms with van der Waals surface area (Å²) in [4.78, 5) is 24.8. The molecular formula is C16H23N3O3. The Morgan fingerprint density at radius 1 is 1.36 bits per heavy atom. The first-order valence-electron chi connectivity index (χ1n) is 7.84. The van der Waals surface area contributed by atoms with Gasteiger partial charge in [-0.2, -0.15) is 0 Å². The third-order valence-electron chi connectivity index (χ3n) is 4.09. The lowest BCUT2D eigenvalue weighted by Gasteiger charge is -2.31. The van der Waals surface area contributed by atoms with Crippen LogP contribution in [0.15, 0.2) is 24.3 Å². The summed E-state index contributed by atoms with van der Waals surface area (Å²) < 4.78 is 0. The normalized spacial score (nSPS) is 16.4. The Hall–Kier alpha value is -1.95. The van der Waals surface area contributed by atoms with Crippen LogP contribution >= 0.6 is 0 Å². The monoisotopic (exact) mass is 305 g/mol. The van der Waals surface area contributed by atoms with Gasteiger partial charge in [0.15, 0.2) is 0 Å². The quantitative estimate of drug-likeness (QED) is 0.646. The van der Waals surface area contributed by atoms with Crippen molar-refractivity contribution in [3.05, 3.63) is 39.9 Å². The molecule has 6 heteroatoms. The Morgan fingerprint density at radius 2 is 2.05 bits per heavy atom. The number of nitro groups is 1. The molecule has 1 aliphatic heterocycles. The highest BCUT2D eigenvalue weighted by molar-refractivity contribution is 5.78. The van der Waals surface area contributed by atoms with Crippen LogP contribution in [0.3, 0.4) is 0 Å². The minimum Gasteiger partial charge on any atom is -0.356 e. The number of benzene rings is 1. The maximum absolute atomic E-state index is 11.9. The van der Waals surface area contributed by atoms with E-state index in [-0.39, 0.29) is 22.4 Å². The average Bonchev–Trinajstić information content (AvgIpc) is 2.53. The van der Waals surface area contributed by atoms with Gasteiger partial charge in [0.2, 0.25) is 5.91 Å². The lowest BCUT2D eigenvalue weighted by molar-refractivity contribution is -0.385. The minimum atomic E-state index is -0.333. The number of carbonyl (C=O) groups excluding carboxylic acids is 1. The molecule has 22 heavy (non-hydrogen) atoms. The number of carbonyl (C=O) groups is 1. The Labute approximate surface area is 130 Å². The molecule has 0 unspecified atom stereocenters. The lowest BCUT2D eigenvalue weighted by atomic mass is 9.95. The van der Waals surface area contributed by atoms with Crippen molar-refractivity contribution in [2.75, 3.05) is 19.6 Å². The second-order valence-electron chi connectivity index (χ2n) is 5.73. The van der Waals surface area contributed by atoms with Gasteiger partial charge in [-0.25, -0.2) is 0 Å². The van der Waals surface area contributed by atoms with E-state index in [9.17, 15) is 14.9 Å². The third-order valence-corrected chi connectivity index (χ3v) is 4.09. The number of rotatable bonds is 6. The highest BCUT2D eigenvalue weighted by Gasteiger charge is 2.25. The first kappa shape index (κ1) is 16.4. The van der Waals surface area contributed by atoms with Crippen molar-refractivity contribution in [1.29, 1.82) is 0 Å². The highest BCUT2D eigenvalue weighted by atomic mass is 16.6. The number of amides is 1. The molecule has 2 rings (SSSR count). The zero-order valence-corrected chi connectivity index (χ0v) is 13.0. The van der Waals surface area contributed by atoms with Crippen LogP contribution in [0.25, 0.3) is 0 Å². The van der Waals surface area contributed by atoms with Gasteiger partial charge in [-0.15, -0.1) is 0 Å². The molecule has 0 atom stereocenters. The second kappa shape index (κ2) is 7.89. The Kier molecular flexibility index (Phi) is 5.89. The van der Waals surface area contributed by atoms with Crippen LogP contribution in [0.2, 0.25) is 0 Å². The SMILES string of the molecule is CCCNC(=O)C1CCN(Cc2ccccc2[N+](=O)[O-])CC1. The van der Waals surface area contributed by atoms with Gasteiger partial charge in [-0.05, 0) is 32.4 Å². The molecule has 1 heterocycles. The largest absolute Gasteiger partial charge is 0.356 e. The van der Waals surface area contributed by atoms with Crippen LogP contribution in [-0.2, 0) is 11.3 Å². The molecule has 120 valence electrons. The van der Waals surface area contributed by atoms with Crippen molar-refractivity contribution < 1.29 is 9.72 Å². The van der Waals surface area contributed by atoms with Crippen LogP contribution in [0.5, 0.6) is 0 Å². The molecule has 0 bridgehead atoms. The first-order valence-corrected chi connectivity index (χ1v) is 7.84. The maximum atomic E-state index is 11.9. The van der Waals surface area contributed by atoms with E-state index in [4.69, 9.17) is 0 Å². The summed E-state index contributed by atoms with van der Waals surface area (Å²) in [5.74, 6) is 0.223. The lowest BCUT2D eigenvalue weighted by Crippen LogP contribution is -2.40. The molecule has 6 nitrogen and oxygen atoms in total. The average molecular weight is 305 g/mol. The Morgan fingerprint density at radius 3 is 2.68 bits per heavy atom. The molecule has 1 saturated heterocycles. The molecule has 0 spiro atoms. The standard InChI is InChI=1S/C16H23N3O3/c1-2-9-17-16(20)13-7-10-18(11-8-13)12-14-5-3-4-6-15(14)19(21)22/h3-6,13H,2,7-12H2,1H3,(H,17,20). The molecule has 1 N–H and O–H groups in total. The Bertz CT molecular complexity index is 525. The van der Waals surface area contributed by atoms with Gasteiger partial charge in [0.05, 0.1) is 4.92 Å². The fourth-order valence-electron chi connectivity index (χ4n) is 2.81. The second-order valence-corrected chi connectivity index (χ2v) is 5.73. The fraction of sp³-hybridized carbons (Fsp3) is 0.562. The first-order chi connectivity index (χ1) is 10.6. The van der Waals surface area contributed by atoms with Crippen molar-refractivity contribution >= 4 is 11.6 Å². The highest BCUT2D eigenvalue weighted by Crippen LogP contribution is 2.23. The zero-order chi connectivity index (χ0) is 15.9. The van der Waals surface area contributed by atoms with E-state index in [1.165, 1.54) is 0 Å². The number of para-hydroxylation sites is 1. The number of nitrogens with zero attached hydrogens (tertiary/aromatic N) is 2. The molecule has 0 radical (unpaired) electrons. The van der Waals surface area contributed by atoms with Gasteiger partial charge in [0.25, 0.3) is 5.69 Å². The number of piperidine rings is 1. The van der Waals surface area contributed by atoms with Gasteiger partial charge >= 0.3 is 0 Å². The number of hydrogen-bond donors (Lipinski definition) is 1. The number of nitrogens with one attached hydrogen (secondary N) is 1. The smallest absolute Gasteiger partial charge is 0.273 e. The van der Waals surface area contributed by atoms with E-state index in [2.05, 4.69) is 10.2 Å².